The highest BCUT2D eigenvalue weighted by Crippen LogP contribution is 2.21. The molecule has 1 aliphatic rings. The van der Waals surface area contributed by atoms with Crippen molar-refractivity contribution in [1.29, 1.82) is 0 Å². The zero-order chi connectivity index (χ0) is 22.0. The van der Waals surface area contributed by atoms with E-state index >= 15 is 0 Å². The van der Waals surface area contributed by atoms with Crippen LogP contribution in [0.1, 0.15) is 32.4 Å². The molecule has 3 aromatic rings. The minimum atomic E-state index is -0.458. The van der Waals surface area contributed by atoms with Gasteiger partial charge in [0.15, 0.2) is 10.6 Å². The molecule has 1 aliphatic heterocycles. The number of amides is 2. The van der Waals surface area contributed by atoms with Crippen molar-refractivity contribution in [3.05, 3.63) is 73.3 Å². The van der Waals surface area contributed by atoms with Crippen LogP contribution in [0.15, 0.2) is 45.1 Å². The second-order valence-electron chi connectivity index (χ2n) is 6.96. The number of carbonyl (C=O) groups is 2. The molecule has 0 aliphatic carbocycles. The van der Waals surface area contributed by atoms with Gasteiger partial charge < -0.3 is 18.6 Å². The van der Waals surface area contributed by atoms with Gasteiger partial charge in [-0.25, -0.2) is 0 Å². The van der Waals surface area contributed by atoms with Gasteiger partial charge in [0.05, 0.1) is 30.3 Å². The van der Waals surface area contributed by atoms with Crippen molar-refractivity contribution in [3.8, 4) is 0 Å². The van der Waals surface area contributed by atoms with Gasteiger partial charge in [-0.15, -0.1) is 11.3 Å². The maximum Gasteiger partial charge on any atom is 0.289 e. The van der Waals surface area contributed by atoms with Gasteiger partial charge >= 0.3 is 0 Å². The lowest BCUT2D eigenvalue weighted by molar-refractivity contribution is 0.0281. The number of aromatic nitrogens is 1. The summed E-state index contributed by atoms with van der Waals surface area (Å²) >= 11 is 13.4. The van der Waals surface area contributed by atoms with Crippen molar-refractivity contribution < 1.29 is 18.7 Å². The van der Waals surface area contributed by atoms with Crippen molar-refractivity contribution in [2.24, 2.45) is 4.99 Å². The van der Waals surface area contributed by atoms with E-state index in [1.54, 1.807) is 29.2 Å². The Morgan fingerprint density at radius 2 is 1.94 bits per heavy atom. The second-order valence-corrected chi connectivity index (χ2v) is 8.64. The molecule has 1 fully saturated rings. The van der Waals surface area contributed by atoms with E-state index in [4.69, 9.17) is 32.4 Å². The quantitative estimate of drug-likeness (QED) is 0.565. The SMILES string of the molecule is Cc1csc(=NC(=O)c2ccc(Cl)cc2Cl)n1Cc1ccc(C(=O)N2CCOCC2)o1. The van der Waals surface area contributed by atoms with Gasteiger partial charge in [0, 0.05) is 29.2 Å². The standard InChI is InChI=1S/C21H19Cl2N3O4S/c1-13-12-31-21(24-19(27)16-4-2-14(22)10-17(16)23)26(13)11-15-3-5-18(30-15)20(28)25-6-8-29-9-7-25/h2-5,10,12H,6-9,11H2,1H3. The van der Waals surface area contributed by atoms with Crippen LogP contribution >= 0.6 is 34.5 Å². The average Bonchev–Trinajstić information content (AvgIpc) is 3.36. The molecule has 0 unspecified atom stereocenters. The number of thiazole rings is 1. The van der Waals surface area contributed by atoms with Crippen LogP contribution in [0.4, 0.5) is 0 Å². The van der Waals surface area contributed by atoms with Crippen LogP contribution < -0.4 is 4.80 Å². The minimum Gasteiger partial charge on any atom is -0.454 e. The van der Waals surface area contributed by atoms with Crippen molar-refractivity contribution in [1.82, 2.24) is 9.47 Å². The first-order chi connectivity index (χ1) is 14.9. The van der Waals surface area contributed by atoms with E-state index < -0.39 is 5.91 Å². The molecule has 0 spiro atoms. The van der Waals surface area contributed by atoms with Gasteiger partial charge in [0.25, 0.3) is 11.8 Å². The lowest BCUT2D eigenvalue weighted by atomic mass is 10.2. The van der Waals surface area contributed by atoms with Gasteiger partial charge in [-0.3, -0.25) is 9.59 Å². The first-order valence-corrected chi connectivity index (χ1v) is 11.2. The van der Waals surface area contributed by atoms with Gasteiger partial charge in [-0.1, -0.05) is 23.2 Å². The number of morpholine rings is 1. The van der Waals surface area contributed by atoms with E-state index in [-0.39, 0.29) is 22.3 Å². The number of carbonyl (C=O) groups excluding carboxylic acids is 2. The fraction of sp³-hybridized carbons (Fsp3) is 0.286. The van der Waals surface area contributed by atoms with E-state index in [9.17, 15) is 9.59 Å². The molecule has 31 heavy (non-hydrogen) atoms. The summed E-state index contributed by atoms with van der Waals surface area (Å²) in [6.07, 6.45) is 0. The number of benzene rings is 1. The van der Waals surface area contributed by atoms with E-state index in [2.05, 4.69) is 4.99 Å². The molecule has 1 aromatic carbocycles. The summed E-state index contributed by atoms with van der Waals surface area (Å²) in [5, 5.41) is 2.60. The Morgan fingerprint density at radius 1 is 1.16 bits per heavy atom. The number of nitrogens with zero attached hydrogens (tertiary/aromatic N) is 3. The number of hydrogen-bond acceptors (Lipinski definition) is 5. The third kappa shape index (κ3) is 4.93. The van der Waals surface area contributed by atoms with E-state index in [1.165, 1.54) is 17.4 Å². The van der Waals surface area contributed by atoms with Crippen molar-refractivity contribution in [2.45, 2.75) is 13.5 Å². The summed E-state index contributed by atoms with van der Waals surface area (Å²) in [6, 6.07) is 8.09. The molecule has 0 bridgehead atoms. The molecule has 0 atom stereocenters. The highest BCUT2D eigenvalue weighted by Gasteiger charge is 2.21. The van der Waals surface area contributed by atoms with Gasteiger partial charge in [0.1, 0.15) is 5.76 Å². The zero-order valence-electron chi connectivity index (χ0n) is 16.6. The molecule has 0 radical (unpaired) electrons. The molecule has 0 saturated carbocycles. The van der Waals surface area contributed by atoms with Crippen molar-refractivity contribution in [3.63, 3.8) is 0 Å². The molecular weight excluding hydrogens is 461 g/mol. The highest BCUT2D eigenvalue weighted by molar-refractivity contribution is 7.07. The molecule has 10 heteroatoms. The fourth-order valence-corrected chi connectivity index (χ4v) is 4.53. The van der Waals surface area contributed by atoms with E-state index in [0.29, 0.717) is 48.4 Å². The Morgan fingerprint density at radius 3 is 2.68 bits per heavy atom. The summed E-state index contributed by atoms with van der Waals surface area (Å²) < 4.78 is 12.9. The van der Waals surface area contributed by atoms with Gasteiger partial charge in [-0.05, 0) is 37.3 Å². The largest absolute Gasteiger partial charge is 0.454 e. The first-order valence-electron chi connectivity index (χ1n) is 9.57. The predicted molar refractivity (Wildman–Crippen MR) is 118 cm³/mol. The Kier molecular flexibility index (Phi) is 6.62. The van der Waals surface area contributed by atoms with Crippen LogP contribution in [0.5, 0.6) is 0 Å². The normalized spacial score (nSPS) is 14.8. The maximum absolute atomic E-state index is 12.6. The highest BCUT2D eigenvalue weighted by atomic mass is 35.5. The number of aryl methyl sites for hydroxylation is 1. The lowest BCUT2D eigenvalue weighted by Crippen LogP contribution is -2.40. The van der Waals surface area contributed by atoms with Crippen molar-refractivity contribution in [2.75, 3.05) is 26.3 Å². The van der Waals surface area contributed by atoms with Crippen LogP contribution in [0.3, 0.4) is 0 Å². The van der Waals surface area contributed by atoms with Crippen LogP contribution in [0, 0.1) is 6.92 Å². The zero-order valence-corrected chi connectivity index (χ0v) is 19.0. The molecule has 4 rings (SSSR count). The number of hydrogen-bond donors (Lipinski definition) is 0. The number of ether oxygens (including phenoxy) is 1. The molecule has 7 nitrogen and oxygen atoms in total. The van der Waals surface area contributed by atoms with Crippen LogP contribution in [0.2, 0.25) is 10.0 Å². The lowest BCUT2D eigenvalue weighted by Gasteiger charge is -2.25. The molecule has 162 valence electrons. The van der Waals surface area contributed by atoms with Crippen LogP contribution in [0.25, 0.3) is 0 Å². The summed E-state index contributed by atoms with van der Waals surface area (Å²) in [4.78, 5) is 31.7. The number of rotatable bonds is 4. The monoisotopic (exact) mass is 479 g/mol. The van der Waals surface area contributed by atoms with Crippen LogP contribution in [-0.2, 0) is 11.3 Å². The number of halogens is 2. The van der Waals surface area contributed by atoms with Crippen LogP contribution in [-0.4, -0.2) is 47.6 Å². The smallest absolute Gasteiger partial charge is 0.289 e. The molecule has 3 heterocycles. The second kappa shape index (κ2) is 9.40. The Labute approximate surface area is 192 Å². The predicted octanol–water partition coefficient (Wildman–Crippen LogP) is 4.02. The average molecular weight is 480 g/mol. The Balaban J connectivity index is 1.56. The maximum atomic E-state index is 12.6. The molecule has 2 aromatic heterocycles. The fourth-order valence-electron chi connectivity index (χ4n) is 3.16. The first kappa shape index (κ1) is 21.8. The molecule has 0 N–H and O–H groups in total. The molecular formula is C21H19Cl2N3O4S. The van der Waals surface area contributed by atoms with E-state index in [1.807, 2.05) is 16.9 Å². The summed E-state index contributed by atoms with van der Waals surface area (Å²) in [7, 11) is 0. The van der Waals surface area contributed by atoms with Crippen molar-refractivity contribution >= 4 is 46.4 Å². The van der Waals surface area contributed by atoms with Gasteiger partial charge in [-0.2, -0.15) is 4.99 Å². The molecule has 1 saturated heterocycles. The van der Waals surface area contributed by atoms with E-state index in [0.717, 1.165) is 5.69 Å². The third-order valence-corrected chi connectivity index (χ3v) is 6.36. The third-order valence-electron chi connectivity index (χ3n) is 4.83. The topological polar surface area (TPSA) is 77.0 Å². The van der Waals surface area contributed by atoms with Gasteiger partial charge in [0.2, 0.25) is 0 Å². The Bertz CT molecular complexity index is 1190. The number of furan rings is 1. The summed E-state index contributed by atoms with van der Waals surface area (Å²) in [6.45, 7) is 4.40. The Hall–Kier alpha value is -2.39. The molecule has 2 amide bonds. The minimum absolute atomic E-state index is 0.154. The summed E-state index contributed by atoms with van der Waals surface area (Å²) in [5.41, 5.74) is 1.19. The summed E-state index contributed by atoms with van der Waals surface area (Å²) in [5.74, 6) is 0.267.